The van der Waals surface area contributed by atoms with Crippen LogP contribution in [-0.4, -0.2) is 41.0 Å². The van der Waals surface area contributed by atoms with Gasteiger partial charge in [0.2, 0.25) is 5.91 Å². The lowest BCUT2D eigenvalue weighted by Gasteiger charge is -2.15. The third-order valence-electron chi connectivity index (χ3n) is 2.97. The van der Waals surface area contributed by atoms with Gasteiger partial charge >= 0.3 is 0 Å². The van der Waals surface area contributed by atoms with E-state index in [2.05, 4.69) is 10.3 Å². The maximum atomic E-state index is 11.6. The van der Waals surface area contributed by atoms with Gasteiger partial charge in [-0.05, 0) is 19.4 Å². The molecule has 1 fully saturated rings. The van der Waals surface area contributed by atoms with E-state index < -0.39 is 0 Å². The van der Waals surface area contributed by atoms with Crippen LogP contribution in [0, 0.1) is 0 Å². The van der Waals surface area contributed by atoms with Crippen LogP contribution in [0.4, 0.5) is 0 Å². The normalized spacial score (nSPS) is 20.0. The van der Waals surface area contributed by atoms with Gasteiger partial charge < -0.3 is 14.8 Å². The zero-order valence-electron chi connectivity index (χ0n) is 9.81. The Morgan fingerprint density at radius 2 is 2.50 bits per heavy atom. The lowest BCUT2D eigenvalue weighted by molar-refractivity contribution is -0.129. The molecular weight excluding hydrogens is 204 g/mol. The van der Waals surface area contributed by atoms with Gasteiger partial charge in [0.25, 0.3) is 0 Å². The minimum atomic E-state index is 0.0947. The summed E-state index contributed by atoms with van der Waals surface area (Å²) in [6.07, 6.45) is 5.90. The highest BCUT2D eigenvalue weighted by Gasteiger charge is 2.20. The Balaban J connectivity index is 2.09. The minimum absolute atomic E-state index is 0.0947. The number of nitrogens with one attached hydrogen (secondary N) is 1. The van der Waals surface area contributed by atoms with Crippen LogP contribution in [0.15, 0.2) is 12.5 Å². The van der Waals surface area contributed by atoms with E-state index in [4.69, 9.17) is 0 Å². The lowest BCUT2D eigenvalue weighted by atomic mass is 10.2. The van der Waals surface area contributed by atoms with Crippen LogP contribution in [0.5, 0.6) is 0 Å². The molecule has 0 aromatic carbocycles. The SMILES string of the molecule is CN(C)C(=O)Cn1cncc1[C@@H]1CCCN1. The van der Waals surface area contributed by atoms with Crippen molar-refractivity contribution in [1.29, 1.82) is 0 Å². The van der Waals surface area contributed by atoms with Crippen molar-refractivity contribution >= 4 is 5.91 Å². The first-order valence-electron chi connectivity index (χ1n) is 5.62. The molecule has 1 aromatic rings. The van der Waals surface area contributed by atoms with E-state index in [-0.39, 0.29) is 5.91 Å². The highest BCUT2D eigenvalue weighted by molar-refractivity contribution is 5.75. The van der Waals surface area contributed by atoms with Crippen LogP contribution in [0.1, 0.15) is 24.6 Å². The minimum Gasteiger partial charge on any atom is -0.347 e. The summed E-state index contributed by atoms with van der Waals surface area (Å²) < 4.78 is 1.94. The van der Waals surface area contributed by atoms with Crippen LogP contribution in [-0.2, 0) is 11.3 Å². The van der Waals surface area contributed by atoms with Gasteiger partial charge in [0.15, 0.2) is 0 Å². The Morgan fingerprint density at radius 1 is 1.69 bits per heavy atom. The van der Waals surface area contributed by atoms with E-state index in [9.17, 15) is 4.79 Å². The van der Waals surface area contributed by atoms with Gasteiger partial charge in [-0.25, -0.2) is 4.98 Å². The third kappa shape index (κ3) is 2.24. The number of imidazole rings is 1. The van der Waals surface area contributed by atoms with Crippen LogP contribution < -0.4 is 5.32 Å². The Morgan fingerprint density at radius 3 is 3.12 bits per heavy atom. The molecule has 0 aliphatic carbocycles. The third-order valence-corrected chi connectivity index (χ3v) is 2.97. The van der Waals surface area contributed by atoms with Crippen LogP contribution in [0.25, 0.3) is 0 Å². The number of rotatable bonds is 3. The number of aromatic nitrogens is 2. The maximum absolute atomic E-state index is 11.6. The Kier molecular flexibility index (Phi) is 3.24. The number of carbonyl (C=O) groups excluding carboxylic acids is 1. The molecule has 1 amide bonds. The standard InChI is InChI=1S/C11H18N4O/c1-14(2)11(16)7-15-8-12-6-10(15)9-4-3-5-13-9/h6,8-9,13H,3-5,7H2,1-2H3/t9-/m0/s1. The first-order chi connectivity index (χ1) is 7.68. The topological polar surface area (TPSA) is 50.2 Å². The van der Waals surface area contributed by atoms with Crippen LogP contribution in [0.3, 0.4) is 0 Å². The fourth-order valence-corrected chi connectivity index (χ4v) is 1.98. The molecule has 5 nitrogen and oxygen atoms in total. The number of hydrogen-bond acceptors (Lipinski definition) is 3. The molecule has 1 aliphatic rings. The molecule has 5 heteroatoms. The van der Waals surface area contributed by atoms with Gasteiger partial charge in [-0.3, -0.25) is 4.79 Å². The quantitative estimate of drug-likeness (QED) is 0.805. The first kappa shape index (κ1) is 11.1. The monoisotopic (exact) mass is 222 g/mol. The molecule has 1 aromatic heterocycles. The van der Waals surface area contributed by atoms with Crippen molar-refractivity contribution < 1.29 is 4.79 Å². The van der Waals surface area contributed by atoms with Gasteiger partial charge in [-0.15, -0.1) is 0 Å². The van der Waals surface area contributed by atoms with Crippen molar-refractivity contribution in [2.45, 2.75) is 25.4 Å². The summed E-state index contributed by atoms with van der Waals surface area (Å²) in [5.41, 5.74) is 1.12. The Bertz CT molecular complexity index is 366. The van der Waals surface area contributed by atoms with E-state index in [0.29, 0.717) is 12.6 Å². The van der Waals surface area contributed by atoms with Crippen molar-refractivity contribution in [3.8, 4) is 0 Å². The second-order valence-corrected chi connectivity index (χ2v) is 4.38. The van der Waals surface area contributed by atoms with Crippen molar-refractivity contribution in [3.05, 3.63) is 18.2 Å². The average Bonchev–Trinajstić information content (AvgIpc) is 2.85. The highest BCUT2D eigenvalue weighted by Crippen LogP contribution is 2.22. The Hall–Kier alpha value is -1.36. The summed E-state index contributed by atoms with van der Waals surface area (Å²) in [6.45, 7) is 1.43. The molecule has 88 valence electrons. The van der Waals surface area contributed by atoms with E-state index in [1.165, 1.54) is 6.42 Å². The van der Waals surface area contributed by atoms with E-state index in [1.807, 2.05) is 10.8 Å². The second-order valence-electron chi connectivity index (χ2n) is 4.38. The van der Waals surface area contributed by atoms with Gasteiger partial charge in [-0.2, -0.15) is 0 Å². The molecule has 16 heavy (non-hydrogen) atoms. The number of carbonyl (C=O) groups is 1. The predicted molar refractivity (Wildman–Crippen MR) is 60.9 cm³/mol. The Labute approximate surface area is 95.5 Å². The summed E-state index contributed by atoms with van der Waals surface area (Å²) in [5.74, 6) is 0.0947. The summed E-state index contributed by atoms with van der Waals surface area (Å²) in [4.78, 5) is 17.4. The first-order valence-corrected chi connectivity index (χ1v) is 5.62. The highest BCUT2D eigenvalue weighted by atomic mass is 16.2. The molecule has 0 radical (unpaired) electrons. The molecule has 2 heterocycles. The molecular formula is C11H18N4O. The lowest BCUT2D eigenvalue weighted by Crippen LogP contribution is -2.27. The summed E-state index contributed by atoms with van der Waals surface area (Å²) in [6, 6.07) is 0.359. The maximum Gasteiger partial charge on any atom is 0.242 e. The molecule has 1 atom stereocenters. The molecule has 0 unspecified atom stereocenters. The average molecular weight is 222 g/mol. The van der Waals surface area contributed by atoms with Crippen LogP contribution in [0.2, 0.25) is 0 Å². The van der Waals surface area contributed by atoms with Gasteiger partial charge in [0.05, 0.1) is 12.0 Å². The summed E-state index contributed by atoms with van der Waals surface area (Å²) >= 11 is 0. The largest absolute Gasteiger partial charge is 0.347 e. The van der Waals surface area contributed by atoms with Gasteiger partial charge in [0, 0.05) is 26.3 Å². The number of hydrogen-bond donors (Lipinski definition) is 1. The molecule has 0 bridgehead atoms. The molecule has 1 saturated heterocycles. The van der Waals surface area contributed by atoms with Crippen molar-refractivity contribution in [1.82, 2.24) is 19.8 Å². The van der Waals surface area contributed by atoms with Crippen molar-refractivity contribution in [3.63, 3.8) is 0 Å². The molecule has 0 spiro atoms. The summed E-state index contributed by atoms with van der Waals surface area (Å²) in [7, 11) is 3.54. The number of likely N-dealkylation sites (N-methyl/N-ethyl adjacent to an activating group) is 1. The second kappa shape index (κ2) is 4.65. The zero-order chi connectivity index (χ0) is 11.5. The predicted octanol–water partition coefficient (Wildman–Crippen LogP) is 0.396. The molecule has 0 saturated carbocycles. The van der Waals surface area contributed by atoms with E-state index in [1.54, 1.807) is 25.3 Å². The van der Waals surface area contributed by atoms with Gasteiger partial charge in [0.1, 0.15) is 6.54 Å². The molecule has 2 rings (SSSR count). The van der Waals surface area contributed by atoms with Crippen LogP contribution >= 0.6 is 0 Å². The number of amides is 1. The summed E-state index contributed by atoms with van der Waals surface area (Å²) in [5, 5.41) is 3.42. The van der Waals surface area contributed by atoms with Crippen molar-refractivity contribution in [2.24, 2.45) is 0 Å². The van der Waals surface area contributed by atoms with Gasteiger partial charge in [-0.1, -0.05) is 0 Å². The van der Waals surface area contributed by atoms with E-state index in [0.717, 1.165) is 18.7 Å². The fraction of sp³-hybridized carbons (Fsp3) is 0.636. The van der Waals surface area contributed by atoms with E-state index >= 15 is 0 Å². The van der Waals surface area contributed by atoms with Crippen molar-refractivity contribution in [2.75, 3.05) is 20.6 Å². The fourth-order valence-electron chi connectivity index (χ4n) is 1.98. The smallest absolute Gasteiger partial charge is 0.242 e. The zero-order valence-corrected chi connectivity index (χ0v) is 9.81. The molecule has 1 aliphatic heterocycles. The molecule has 1 N–H and O–H groups in total. The number of nitrogens with zero attached hydrogens (tertiary/aromatic N) is 3.